The van der Waals surface area contributed by atoms with Crippen LogP contribution < -0.4 is 9.47 Å². The van der Waals surface area contributed by atoms with Crippen LogP contribution >= 0.6 is 15.9 Å². The molecule has 0 spiro atoms. The van der Waals surface area contributed by atoms with E-state index in [0.717, 1.165) is 6.29 Å². The fourth-order valence-corrected chi connectivity index (χ4v) is 2.25. The first kappa shape index (κ1) is 16.0. The van der Waals surface area contributed by atoms with Crippen molar-refractivity contribution in [3.05, 3.63) is 52.0 Å². The Morgan fingerprint density at radius 1 is 1.05 bits per heavy atom. The Balaban J connectivity index is 2.34. The van der Waals surface area contributed by atoms with Gasteiger partial charge in [-0.2, -0.15) is 0 Å². The van der Waals surface area contributed by atoms with E-state index in [0.29, 0.717) is 32.8 Å². The molecule has 2 rings (SSSR count). The smallest absolute Gasteiger partial charge is 0.337 e. The van der Waals surface area contributed by atoms with Gasteiger partial charge in [0.15, 0.2) is 11.5 Å². The Labute approximate surface area is 135 Å². The lowest BCUT2D eigenvalue weighted by molar-refractivity contribution is 0.0600. The number of methoxy groups -OCH3 is 2. The van der Waals surface area contributed by atoms with Crippen LogP contribution in [0, 0.1) is 0 Å². The summed E-state index contributed by atoms with van der Waals surface area (Å²) in [5, 5.41) is 0. The number of hydrogen-bond donors (Lipinski definition) is 0. The first-order valence-electron chi connectivity index (χ1n) is 6.28. The quantitative estimate of drug-likeness (QED) is 0.595. The fourth-order valence-electron chi connectivity index (χ4n) is 1.79. The van der Waals surface area contributed by atoms with Crippen molar-refractivity contribution in [1.82, 2.24) is 0 Å². The molecule has 0 heterocycles. The predicted molar refractivity (Wildman–Crippen MR) is 83.9 cm³/mol. The highest BCUT2D eigenvalue weighted by Crippen LogP contribution is 2.36. The third-order valence-corrected chi connectivity index (χ3v) is 3.52. The zero-order valence-electron chi connectivity index (χ0n) is 12.0. The van der Waals surface area contributed by atoms with Gasteiger partial charge < -0.3 is 14.2 Å². The maximum atomic E-state index is 11.5. The fraction of sp³-hybridized carbons (Fsp3) is 0.125. The van der Waals surface area contributed by atoms with Gasteiger partial charge in [0.05, 0.1) is 24.3 Å². The lowest BCUT2D eigenvalue weighted by atomic mass is 10.2. The summed E-state index contributed by atoms with van der Waals surface area (Å²) in [4.78, 5) is 22.3. The Kier molecular flexibility index (Phi) is 5.16. The van der Waals surface area contributed by atoms with Crippen molar-refractivity contribution >= 4 is 28.2 Å². The summed E-state index contributed by atoms with van der Waals surface area (Å²) in [6.45, 7) is 0. The average Bonchev–Trinajstić information content (AvgIpc) is 2.55. The Morgan fingerprint density at radius 2 is 1.77 bits per heavy atom. The van der Waals surface area contributed by atoms with Crippen molar-refractivity contribution in [3.8, 4) is 17.2 Å². The van der Waals surface area contributed by atoms with Crippen LogP contribution in [0.1, 0.15) is 20.7 Å². The molecule has 0 saturated heterocycles. The first-order chi connectivity index (χ1) is 10.6. The van der Waals surface area contributed by atoms with Crippen LogP contribution in [0.2, 0.25) is 0 Å². The van der Waals surface area contributed by atoms with Gasteiger partial charge in [-0.25, -0.2) is 4.79 Å². The van der Waals surface area contributed by atoms with Gasteiger partial charge in [-0.1, -0.05) is 0 Å². The van der Waals surface area contributed by atoms with Crippen LogP contribution in [-0.2, 0) is 4.74 Å². The van der Waals surface area contributed by atoms with E-state index in [-0.39, 0.29) is 0 Å². The van der Waals surface area contributed by atoms with Crippen molar-refractivity contribution in [3.63, 3.8) is 0 Å². The number of carbonyl (C=O) groups is 2. The van der Waals surface area contributed by atoms with Gasteiger partial charge in [0.25, 0.3) is 0 Å². The number of hydrogen-bond acceptors (Lipinski definition) is 5. The molecule has 0 unspecified atom stereocenters. The number of aldehydes is 1. The van der Waals surface area contributed by atoms with Crippen LogP contribution in [0.25, 0.3) is 0 Å². The van der Waals surface area contributed by atoms with Crippen LogP contribution in [0.4, 0.5) is 0 Å². The second kappa shape index (κ2) is 7.09. The highest BCUT2D eigenvalue weighted by Gasteiger charge is 2.12. The molecule has 6 heteroatoms. The van der Waals surface area contributed by atoms with Gasteiger partial charge in [-0.3, -0.25) is 4.79 Å². The van der Waals surface area contributed by atoms with E-state index in [4.69, 9.17) is 9.47 Å². The second-order valence-corrected chi connectivity index (χ2v) is 5.12. The monoisotopic (exact) mass is 364 g/mol. The van der Waals surface area contributed by atoms with Crippen LogP contribution in [0.5, 0.6) is 17.2 Å². The topological polar surface area (TPSA) is 61.8 Å². The van der Waals surface area contributed by atoms with Crippen molar-refractivity contribution in [2.24, 2.45) is 0 Å². The second-order valence-electron chi connectivity index (χ2n) is 4.27. The minimum Gasteiger partial charge on any atom is -0.493 e. The minimum absolute atomic E-state index is 0.398. The summed E-state index contributed by atoms with van der Waals surface area (Å²) in [5.74, 6) is 0.940. The van der Waals surface area contributed by atoms with E-state index in [1.165, 1.54) is 14.2 Å². The van der Waals surface area contributed by atoms with Crippen molar-refractivity contribution < 1.29 is 23.8 Å². The van der Waals surface area contributed by atoms with Gasteiger partial charge in [-0.05, 0) is 52.3 Å². The molecule has 0 radical (unpaired) electrons. The maximum absolute atomic E-state index is 11.5. The van der Waals surface area contributed by atoms with Crippen molar-refractivity contribution in [1.29, 1.82) is 0 Å². The third-order valence-electron chi connectivity index (χ3n) is 2.90. The van der Waals surface area contributed by atoms with Crippen molar-refractivity contribution in [2.45, 2.75) is 0 Å². The molecule has 0 atom stereocenters. The standard InChI is InChI=1S/C16H13BrO5/c1-20-14-5-3-10(9-18)7-15(14)22-13-6-4-11(8-12(13)17)16(19)21-2/h3-9H,1-2H3. The van der Waals surface area contributed by atoms with Crippen LogP contribution in [-0.4, -0.2) is 26.5 Å². The molecular formula is C16H13BrO5. The molecule has 114 valence electrons. The maximum Gasteiger partial charge on any atom is 0.337 e. The van der Waals surface area contributed by atoms with E-state index >= 15 is 0 Å². The molecule has 5 nitrogen and oxygen atoms in total. The van der Waals surface area contributed by atoms with E-state index in [1.807, 2.05) is 0 Å². The molecule has 2 aromatic carbocycles. The number of esters is 1. The summed E-state index contributed by atoms with van der Waals surface area (Å²) in [7, 11) is 2.83. The van der Waals surface area contributed by atoms with Crippen molar-refractivity contribution in [2.75, 3.05) is 14.2 Å². The number of ether oxygens (including phenoxy) is 3. The predicted octanol–water partition coefficient (Wildman–Crippen LogP) is 3.85. The molecule has 0 saturated carbocycles. The highest BCUT2D eigenvalue weighted by atomic mass is 79.9. The lowest BCUT2D eigenvalue weighted by Crippen LogP contribution is -2.01. The molecule has 0 aliphatic carbocycles. The Bertz CT molecular complexity index is 712. The highest BCUT2D eigenvalue weighted by molar-refractivity contribution is 9.10. The number of rotatable bonds is 5. The summed E-state index contributed by atoms with van der Waals surface area (Å²) >= 11 is 3.34. The summed E-state index contributed by atoms with van der Waals surface area (Å²) in [6.07, 6.45) is 0.724. The van der Waals surface area contributed by atoms with Crippen LogP contribution in [0.15, 0.2) is 40.9 Å². The van der Waals surface area contributed by atoms with Gasteiger partial charge >= 0.3 is 5.97 Å². The molecule has 22 heavy (non-hydrogen) atoms. The largest absolute Gasteiger partial charge is 0.493 e. The molecular weight excluding hydrogens is 352 g/mol. The van der Waals surface area contributed by atoms with Gasteiger partial charge in [0, 0.05) is 5.56 Å². The van der Waals surface area contributed by atoms with Gasteiger partial charge in [-0.15, -0.1) is 0 Å². The molecule has 0 N–H and O–H groups in total. The summed E-state index contributed by atoms with van der Waals surface area (Å²) in [6, 6.07) is 9.67. The van der Waals surface area contributed by atoms with E-state index in [2.05, 4.69) is 20.7 Å². The molecule has 0 bridgehead atoms. The van der Waals surface area contributed by atoms with Gasteiger partial charge in [0.2, 0.25) is 0 Å². The normalized spacial score (nSPS) is 9.95. The Morgan fingerprint density at radius 3 is 2.36 bits per heavy atom. The SMILES string of the molecule is COC(=O)c1ccc(Oc2cc(C=O)ccc2OC)c(Br)c1. The summed E-state index contributed by atoms with van der Waals surface area (Å²) < 4.78 is 16.2. The van der Waals surface area contributed by atoms with E-state index in [9.17, 15) is 9.59 Å². The molecule has 0 aromatic heterocycles. The molecule has 2 aromatic rings. The molecule has 0 amide bonds. The van der Waals surface area contributed by atoms with Crippen LogP contribution in [0.3, 0.4) is 0 Å². The minimum atomic E-state index is -0.437. The lowest BCUT2D eigenvalue weighted by Gasteiger charge is -2.12. The zero-order chi connectivity index (χ0) is 16.1. The molecule has 0 fully saturated rings. The molecule has 0 aliphatic rings. The van der Waals surface area contributed by atoms with Gasteiger partial charge in [0.1, 0.15) is 12.0 Å². The number of halogens is 1. The average molecular weight is 365 g/mol. The zero-order valence-corrected chi connectivity index (χ0v) is 13.5. The first-order valence-corrected chi connectivity index (χ1v) is 7.07. The number of benzene rings is 2. The van der Waals surface area contributed by atoms with E-state index in [1.54, 1.807) is 36.4 Å². The third kappa shape index (κ3) is 3.46. The Hall–Kier alpha value is -2.34. The summed E-state index contributed by atoms with van der Waals surface area (Å²) in [5.41, 5.74) is 0.869. The number of carbonyl (C=O) groups excluding carboxylic acids is 2. The van der Waals surface area contributed by atoms with E-state index < -0.39 is 5.97 Å². The molecule has 0 aliphatic heterocycles.